The van der Waals surface area contributed by atoms with E-state index in [4.69, 9.17) is 16.0 Å². The van der Waals surface area contributed by atoms with Gasteiger partial charge in [-0.1, -0.05) is 23.1 Å². The number of nitrogen functional groups attached to an aromatic ring is 2. The molecule has 0 radical (unpaired) electrons. The van der Waals surface area contributed by atoms with Crippen LogP contribution in [0.25, 0.3) is 0 Å². The third kappa shape index (κ3) is 2.81. The van der Waals surface area contributed by atoms with Gasteiger partial charge in [0.25, 0.3) is 0 Å². The average Bonchev–Trinajstić information content (AvgIpc) is 2.92. The predicted octanol–water partition coefficient (Wildman–Crippen LogP) is 0.918. The molecule has 0 aliphatic carbocycles. The topological polar surface area (TPSA) is 120 Å². The second-order valence-corrected chi connectivity index (χ2v) is 5.59. The normalized spacial score (nSPS) is 10.6. The van der Waals surface area contributed by atoms with Crippen molar-refractivity contribution in [2.24, 2.45) is 5.84 Å². The molecule has 0 aliphatic rings. The number of hydrazine groups is 1. The van der Waals surface area contributed by atoms with Gasteiger partial charge in [0.1, 0.15) is 5.76 Å². The first-order valence-electron chi connectivity index (χ1n) is 4.92. The van der Waals surface area contributed by atoms with E-state index >= 15 is 0 Å². The second kappa shape index (κ2) is 5.38. The molecule has 0 saturated carbocycles. The minimum absolute atomic E-state index is 0.197. The number of anilines is 1. The third-order valence-electron chi connectivity index (χ3n) is 2.15. The SMILES string of the molecule is Cc1oc(C(=O)NN)cc1CSc1nnc(N)s1. The van der Waals surface area contributed by atoms with Crippen LogP contribution in [-0.2, 0) is 5.75 Å². The number of aryl methyl sites for hydroxylation is 1. The van der Waals surface area contributed by atoms with Crippen molar-refractivity contribution in [3.63, 3.8) is 0 Å². The second-order valence-electron chi connectivity index (χ2n) is 3.36. The van der Waals surface area contributed by atoms with Crippen molar-refractivity contribution in [1.82, 2.24) is 15.6 Å². The Morgan fingerprint density at radius 1 is 1.61 bits per heavy atom. The monoisotopic (exact) mass is 285 g/mol. The highest BCUT2D eigenvalue weighted by Crippen LogP contribution is 2.28. The van der Waals surface area contributed by atoms with E-state index in [0.717, 1.165) is 9.90 Å². The number of hydrogen-bond donors (Lipinski definition) is 3. The molecular formula is C9H11N5O2S2. The molecule has 0 unspecified atom stereocenters. The molecule has 0 spiro atoms. The Hall–Kier alpha value is -1.58. The first-order chi connectivity index (χ1) is 8.60. The fourth-order valence-corrected chi connectivity index (χ4v) is 2.94. The lowest BCUT2D eigenvalue weighted by Crippen LogP contribution is -2.29. The average molecular weight is 285 g/mol. The van der Waals surface area contributed by atoms with Gasteiger partial charge in [-0.25, -0.2) is 5.84 Å². The van der Waals surface area contributed by atoms with E-state index in [-0.39, 0.29) is 5.76 Å². The van der Waals surface area contributed by atoms with E-state index < -0.39 is 5.91 Å². The molecular weight excluding hydrogens is 274 g/mol. The number of amides is 1. The fraction of sp³-hybridized carbons (Fsp3) is 0.222. The molecule has 0 atom stereocenters. The molecule has 96 valence electrons. The smallest absolute Gasteiger partial charge is 0.300 e. The van der Waals surface area contributed by atoms with Gasteiger partial charge < -0.3 is 10.2 Å². The highest BCUT2D eigenvalue weighted by atomic mass is 32.2. The van der Waals surface area contributed by atoms with Crippen molar-refractivity contribution in [3.8, 4) is 0 Å². The Balaban J connectivity index is 2.05. The van der Waals surface area contributed by atoms with Crippen LogP contribution in [0.2, 0.25) is 0 Å². The number of thioether (sulfide) groups is 1. The van der Waals surface area contributed by atoms with E-state index in [2.05, 4.69) is 10.2 Å². The Kier molecular flexibility index (Phi) is 3.84. The molecule has 2 heterocycles. The Labute approximate surface area is 111 Å². The highest BCUT2D eigenvalue weighted by molar-refractivity contribution is 8.00. The summed E-state index contributed by atoms with van der Waals surface area (Å²) in [7, 11) is 0. The molecule has 9 heteroatoms. The van der Waals surface area contributed by atoms with E-state index in [0.29, 0.717) is 16.6 Å². The van der Waals surface area contributed by atoms with Crippen molar-refractivity contribution in [3.05, 3.63) is 23.2 Å². The summed E-state index contributed by atoms with van der Waals surface area (Å²) in [5, 5.41) is 8.05. The standard InChI is InChI=1S/C9H11N5O2S2/c1-4-5(2-6(16-4)7(15)12-11)3-17-9-14-13-8(10)18-9/h2H,3,11H2,1H3,(H2,10,13)(H,12,15). The van der Waals surface area contributed by atoms with Gasteiger partial charge in [0, 0.05) is 11.3 Å². The minimum Gasteiger partial charge on any atom is -0.456 e. The van der Waals surface area contributed by atoms with E-state index in [1.807, 2.05) is 5.43 Å². The summed E-state index contributed by atoms with van der Waals surface area (Å²) in [6, 6.07) is 1.66. The van der Waals surface area contributed by atoms with Crippen molar-refractivity contribution in [2.75, 3.05) is 5.73 Å². The van der Waals surface area contributed by atoms with Crippen molar-refractivity contribution < 1.29 is 9.21 Å². The molecule has 7 nitrogen and oxygen atoms in total. The molecule has 0 aliphatic heterocycles. The molecule has 1 amide bonds. The van der Waals surface area contributed by atoms with E-state index in [1.54, 1.807) is 13.0 Å². The lowest BCUT2D eigenvalue weighted by Gasteiger charge is -1.94. The van der Waals surface area contributed by atoms with Crippen LogP contribution in [0.4, 0.5) is 5.13 Å². The van der Waals surface area contributed by atoms with Crippen LogP contribution in [0.5, 0.6) is 0 Å². The first kappa shape index (κ1) is 12.9. The van der Waals surface area contributed by atoms with E-state index in [9.17, 15) is 4.79 Å². The van der Waals surface area contributed by atoms with Gasteiger partial charge in [0.15, 0.2) is 10.1 Å². The number of carbonyl (C=O) groups is 1. The lowest BCUT2D eigenvalue weighted by atomic mass is 10.3. The van der Waals surface area contributed by atoms with Gasteiger partial charge in [0.05, 0.1) is 0 Å². The number of nitrogens with one attached hydrogen (secondary N) is 1. The molecule has 18 heavy (non-hydrogen) atoms. The summed E-state index contributed by atoms with van der Waals surface area (Å²) in [6.45, 7) is 1.79. The molecule has 5 N–H and O–H groups in total. The van der Waals surface area contributed by atoms with Crippen molar-refractivity contribution in [1.29, 1.82) is 0 Å². The molecule has 0 aromatic carbocycles. The molecule has 2 aromatic rings. The van der Waals surface area contributed by atoms with Gasteiger partial charge in [-0.2, -0.15) is 0 Å². The zero-order valence-electron chi connectivity index (χ0n) is 9.47. The molecule has 2 rings (SSSR count). The Morgan fingerprint density at radius 3 is 3.00 bits per heavy atom. The number of carbonyl (C=O) groups excluding carboxylic acids is 1. The van der Waals surface area contributed by atoms with Gasteiger partial charge >= 0.3 is 5.91 Å². The molecule has 0 bridgehead atoms. The van der Waals surface area contributed by atoms with E-state index in [1.165, 1.54) is 23.1 Å². The zero-order valence-corrected chi connectivity index (χ0v) is 11.1. The molecule has 2 aromatic heterocycles. The summed E-state index contributed by atoms with van der Waals surface area (Å²) in [5.41, 5.74) is 8.42. The maximum Gasteiger partial charge on any atom is 0.300 e. The minimum atomic E-state index is -0.450. The van der Waals surface area contributed by atoms with Gasteiger partial charge in [-0.15, -0.1) is 10.2 Å². The lowest BCUT2D eigenvalue weighted by molar-refractivity contribution is 0.0924. The number of nitrogens with zero attached hydrogens (tertiary/aromatic N) is 2. The highest BCUT2D eigenvalue weighted by Gasteiger charge is 2.14. The first-order valence-corrected chi connectivity index (χ1v) is 6.72. The number of aromatic nitrogens is 2. The maximum absolute atomic E-state index is 11.3. The maximum atomic E-state index is 11.3. The predicted molar refractivity (Wildman–Crippen MR) is 69.0 cm³/mol. The summed E-state index contributed by atoms with van der Waals surface area (Å²) < 4.78 is 6.07. The summed E-state index contributed by atoms with van der Waals surface area (Å²) in [5.74, 6) is 6.09. The zero-order chi connectivity index (χ0) is 13.1. The van der Waals surface area contributed by atoms with Crippen LogP contribution >= 0.6 is 23.1 Å². The number of rotatable bonds is 4. The Morgan fingerprint density at radius 2 is 2.39 bits per heavy atom. The van der Waals surface area contributed by atoms with Crippen LogP contribution in [0.15, 0.2) is 14.8 Å². The number of hydrogen-bond acceptors (Lipinski definition) is 8. The van der Waals surface area contributed by atoms with Crippen LogP contribution in [0, 0.1) is 6.92 Å². The quantitative estimate of drug-likeness (QED) is 0.330. The third-order valence-corrected chi connectivity index (χ3v) is 4.08. The van der Waals surface area contributed by atoms with Crippen LogP contribution in [0.3, 0.4) is 0 Å². The molecule has 0 saturated heterocycles. The van der Waals surface area contributed by atoms with Crippen LogP contribution < -0.4 is 17.0 Å². The van der Waals surface area contributed by atoms with Crippen molar-refractivity contribution >= 4 is 34.1 Å². The molecule has 0 fully saturated rings. The number of furan rings is 1. The fourth-order valence-electron chi connectivity index (χ4n) is 1.26. The van der Waals surface area contributed by atoms with Crippen molar-refractivity contribution in [2.45, 2.75) is 17.0 Å². The number of nitrogens with two attached hydrogens (primary N) is 2. The van der Waals surface area contributed by atoms with Gasteiger partial charge in [-0.3, -0.25) is 10.2 Å². The Bertz CT molecular complexity index is 565. The van der Waals surface area contributed by atoms with Crippen LogP contribution in [0.1, 0.15) is 21.9 Å². The summed E-state index contributed by atoms with van der Waals surface area (Å²) in [6.07, 6.45) is 0. The van der Waals surface area contributed by atoms with Crippen LogP contribution in [-0.4, -0.2) is 16.1 Å². The summed E-state index contributed by atoms with van der Waals surface area (Å²) >= 11 is 2.80. The van der Waals surface area contributed by atoms with Gasteiger partial charge in [-0.05, 0) is 13.0 Å². The summed E-state index contributed by atoms with van der Waals surface area (Å²) in [4.78, 5) is 11.3. The largest absolute Gasteiger partial charge is 0.456 e. The van der Waals surface area contributed by atoms with Gasteiger partial charge in [0.2, 0.25) is 5.13 Å².